The van der Waals surface area contributed by atoms with Crippen LogP contribution in [-0.4, -0.2) is 63.2 Å². The second-order valence-corrected chi connectivity index (χ2v) is 9.32. The minimum Gasteiger partial charge on any atom is -0.341 e. The highest BCUT2D eigenvalue weighted by Crippen LogP contribution is 2.41. The van der Waals surface area contributed by atoms with Crippen LogP contribution in [0, 0.1) is 12.3 Å². The van der Waals surface area contributed by atoms with E-state index < -0.39 is 0 Å². The lowest BCUT2D eigenvalue weighted by Crippen LogP contribution is -2.52. The Morgan fingerprint density at radius 2 is 2.12 bits per heavy atom. The Morgan fingerprint density at radius 1 is 1.33 bits per heavy atom. The highest BCUT2D eigenvalue weighted by atomic mass is 32.2. The Bertz CT molecular complexity index is 633. The summed E-state index contributed by atoms with van der Waals surface area (Å²) in [4.78, 5) is 29.3. The first-order chi connectivity index (χ1) is 11.4. The van der Waals surface area contributed by atoms with E-state index in [-0.39, 0.29) is 23.3 Å². The highest BCUT2D eigenvalue weighted by Gasteiger charge is 2.49. The van der Waals surface area contributed by atoms with E-state index in [1.165, 1.54) is 23.1 Å². The van der Waals surface area contributed by atoms with Crippen LogP contribution in [0.15, 0.2) is 4.34 Å². The molecule has 3 rings (SSSR count). The fourth-order valence-corrected chi connectivity index (χ4v) is 5.33. The maximum atomic E-state index is 12.9. The maximum absolute atomic E-state index is 12.9. The molecule has 2 amide bonds. The van der Waals surface area contributed by atoms with Gasteiger partial charge in [0.15, 0.2) is 4.34 Å². The van der Waals surface area contributed by atoms with Gasteiger partial charge in [0.2, 0.25) is 11.8 Å². The summed E-state index contributed by atoms with van der Waals surface area (Å²) in [6.07, 6.45) is 2.73. The lowest BCUT2D eigenvalue weighted by molar-refractivity contribution is -0.148. The summed E-state index contributed by atoms with van der Waals surface area (Å²) >= 11 is 2.94. The van der Waals surface area contributed by atoms with Gasteiger partial charge in [0.25, 0.3) is 0 Å². The molecule has 1 spiro atoms. The predicted molar refractivity (Wildman–Crippen MR) is 95.1 cm³/mol. The van der Waals surface area contributed by atoms with E-state index in [1.54, 1.807) is 0 Å². The van der Waals surface area contributed by atoms with Gasteiger partial charge in [-0.2, -0.15) is 0 Å². The second-order valence-electron chi connectivity index (χ2n) is 6.92. The molecule has 0 radical (unpaired) electrons. The molecule has 2 fully saturated rings. The van der Waals surface area contributed by atoms with Crippen molar-refractivity contribution in [3.05, 3.63) is 5.01 Å². The van der Waals surface area contributed by atoms with E-state index in [4.69, 9.17) is 0 Å². The van der Waals surface area contributed by atoms with Gasteiger partial charge < -0.3 is 9.80 Å². The Morgan fingerprint density at radius 3 is 2.79 bits per heavy atom. The monoisotopic (exact) mass is 368 g/mol. The van der Waals surface area contributed by atoms with Crippen LogP contribution in [-0.2, 0) is 9.59 Å². The van der Waals surface area contributed by atoms with Crippen molar-refractivity contribution in [1.82, 2.24) is 20.0 Å². The van der Waals surface area contributed by atoms with Gasteiger partial charge in [-0.15, -0.1) is 10.2 Å². The summed E-state index contributed by atoms with van der Waals surface area (Å²) in [7, 11) is 0. The molecule has 3 heterocycles. The molecular weight excluding hydrogens is 344 g/mol. The Labute approximate surface area is 151 Å². The van der Waals surface area contributed by atoms with E-state index in [0.29, 0.717) is 18.8 Å². The van der Waals surface area contributed by atoms with Crippen LogP contribution in [0.4, 0.5) is 0 Å². The van der Waals surface area contributed by atoms with Gasteiger partial charge in [-0.1, -0.05) is 23.1 Å². The Balaban J connectivity index is 1.59. The van der Waals surface area contributed by atoms with Crippen LogP contribution in [0.25, 0.3) is 0 Å². The zero-order valence-corrected chi connectivity index (χ0v) is 16.1. The van der Waals surface area contributed by atoms with Crippen molar-refractivity contribution in [2.75, 3.05) is 25.4 Å². The lowest BCUT2D eigenvalue weighted by Gasteiger charge is -2.41. The van der Waals surface area contributed by atoms with Crippen LogP contribution in [0.5, 0.6) is 0 Å². The third-order valence-corrected chi connectivity index (χ3v) is 6.88. The van der Waals surface area contributed by atoms with Gasteiger partial charge in [-0.25, -0.2) is 0 Å². The van der Waals surface area contributed by atoms with Gasteiger partial charge in [0, 0.05) is 25.7 Å². The summed E-state index contributed by atoms with van der Waals surface area (Å²) in [5.74, 6) is 0.706. The van der Waals surface area contributed by atoms with Gasteiger partial charge in [0.05, 0.1) is 11.2 Å². The maximum Gasteiger partial charge on any atom is 0.233 e. The van der Waals surface area contributed by atoms with E-state index in [0.717, 1.165) is 35.2 Å². The molecule has 0 aromatic carbocycles. The molecule has 8 heteroatoms. The average Bonchev–Trinajstić information content (AvgIpc) is 3.15. The van der Waals surface area contributed by atoms with Crippen molar-refractivity contribution in [2.24, 2.45) is 5.41 Å². The fourth-order valence-electron chi connectivity index (χ4n) is 3.61. The van der Waals surface area contributed by atoms with E-state index >= 15 is 0 Å². The van der Waals surface area contributed by atoms with Crippen molar-refractivity contribution in [3.8, 4) is 0 Å². The molecule has 0 N–H and O–H groups in total. The fraction of sp³-hybridized carbons (Fsp3) is 0.750. The first-order valence-electron chi connectivity index (χ1n) is 8.43. The number of hydrogen-bond donors (Lipinski definition) is 0. The number of nitrogens with zero attached hydrogens (tertiary/aromatic N) is 4. The van der Waals surface area contributed by atoms with Crippen molar-refractivity contribution in [1.29, 1.82) is 0 Å². The number of likely N-dealkylation sites (tertiary alicyclic amines) is 2. The number of rotatable bonds is 4. The average molecular weight is 369 g/mol. The smallest absolute Gasteiger partial charge is 0.233 e. The molecule has 1 aromatic heterocycles. The molecule has 0 bridgehead atoms. The molecule has 2 aliphatic rings. The summed E-state index contributed by atoms with van der Waals surface area (Å²) in [6.45, 7) is 8.14. The molecular formula is C16H24N4O2S2. The Kier molecular flexibility index (Phi) is 5.15. The number of carbonyl (C=O) groups excluding carboxylic acids is 2. The van der Waals surface area contributed by atoms with Gasteiger partial charge in [-0.3, -0.25) is 9.59 Å². The van der Waals surface area contributed by atoms with Gasteiger partial charge in [-0.05, 0) is 40.0 Å². The first-order valence-corrected chi connectivity index (χ1v) is 10.2. The zero-order valence-electron chi connectivity index (χ0n) is 14.4. The highest BCUT2D eigenvalue weighted by molar-refractivity contribution is 8.01. The first kappa shape index (κ1) is 17.7. The number of aryl methyl sites for hydroxylation is 1. The number of aromatic nitrogens is 2. The summed E-state index contributed by atoms with van der Waals surface area (Å²) in [5, 5.41) is 8.92. The second kappa shape index (κ2) is 7.00. The standard InChI is InChI=1S/C16H24N4O2S2/c1-11(2)20-7-4-5-16(14(20)22)6-8-19(10-16)13(21)9-23-15-18-17-12(3)24-15/h11H,4-10H2,1-3H3/t16-/m0/s1. The molecule has 2 aliphatic heterocycles. The number of thioether (sulfide) groups is 1. The molecule has 1 atom stereocenters. The predicted octanol–water partition coefficient (Wildman–Crippen LogP) is 2.19. The summed E-state index contributed by atoms with van der Waals surface area (Å²) in [5.41, 5.74) is -0.345. The van der Waals surface area contributed by atoms with Crippen molar-refractivity contribution in [3.63, 3.8) is 0 Å². The minimum absolute atomic E-state index is 0.0965. The van der Waals surface area contributed by atoms with Crippen LogP contribution in [0.2, 0.25) is 0 Å². The van der Waals surface area contributed by atoms with E-state index in [9.17, 15) is 9.59 Å². The molecule has 24 heavy (non-hydrogen) atoms. The topological polar surface area (TPSA) is 66.4 Å². The van der Waals surface area contributed by atoms with Gasteiger partial charge in [0.1, 0.15) is 5.01 Å². The third-order valence-electron chi connectivity index (χ3n) is 4.93. The third kappa shape index (κ3) is 3.44. The summed E-state index contributed by atoms with van der Waals surface area (Å²) < 4.78 is 0.828. The molecule has 132 valence electrons. The quantitative estimate of drug-likeness (QED) is 0.762. The van der Waals surface area contributed by atoms with Crippen LogP contribution in [0.1, 0.15) is 38.1 Å². The van der Waals surface area contributed by atoms with Crippen molar-refractivity contribution in [2.45, 2.75) is 50.4 Å². The normalized spacial score (nSPS) is 24.4. The molecule has 1 aromatic rings. The van der Waals surface area contributed by atoms with Gasteiger partial charge >= 0.3 is 0 Å². The van der Waals surface area contributed by atoms with Crippen molar-refractivity contribution < 1.29 is 9.59 Å². The molecule has 0 saturated carbocycles. The number of amides is 2. The zero-order chi connectivity index (χ0) is 17.3. The van der Waals surface area contributed by atoms with Crippen molar-refractivity contribution >= 4 is 34.9 Å². The summed E-state index contributed by atoms with van der Waals surface area (Å²) in [6, 6.07) is 0.232. The largest absolute Gasteiger partial charge is 0.341 e. The SMILES string of the molecule is Cc1nnc(SCC(=O)N2CC[C@@]3(CCCN(C(C)C)C3=O)C2)s1. The molecule has 2 saturated heterocycles. The Hall–Kier alpha value is -1.15. The lowest BCUT2D eigenvalue weighted by atomic mass is 9.78. The number of hydrogen-bond acceptors (Lipinski definition) is 6. The molecule has 0 unspecified atom stereocenters. The molecule has 0 aliphatic carbocycles. The van der Waals surface area contributed by atoms with Crippen LogP contribution in [0.3, 0.4) is 0 Å². The van der Waals surface area contributed by atoms with Crippen LogP contribution >= 0.6 is 23.1 Å². The van der Waals surface area contributed by atoms with Crippen LogP contribution < -0.4 is 0 Å². The minimum atomic E-state index is -0.345. The number of piperidine rings is 1. The molecule has 6 nitrogen and oxygen atoms in total. The van der Waals surface area contributed by atoms with E-state index in [1.807, 2.05) is 16.7 Å². The number of carbonyl (C=O) groups is 2. The van der Waals surface area contributed by atoms with E-state index in [2.05, 4.69) is 24.0 Å².